The van der Waals surface area contributed by atoms with Gasteiger partial charge in [0, 0.05) is 16.5 Å². The summed E-state index contributed by atoms with van der Waals surface area (Å²) in [6, 6.07) is 8.78. The molecule has 0 radical (unpaired) electrons. The van der Waals surface area contributed by atoms with Crippen LogP contribution in [0.15, 0.2) is 40.3 Å². The third-order valence-corrected chi connectivity index (χ3v) is 7.63. The molecular weight excluding hydrogens is 432 g/mol. The fourth-order valence-electron chi connectivity index (χ4n) is 3.83. The monoisotopic (exact) mass is 456 g/mol. The van der Waals surface area contributed by atoms with E-state index in [0.29, 0.717) is 16.1 Å². The summed E-state index contributed by atoms with van der Waals surface area (Å²) in [5.74, 6) is -0.700. The Labute approximate surface area is 188 Å². The first kappa shape index (κ1) is 21.6. The van der Waals surface area contributed by atoms with Gasteiger partial charge in [0.25, 0.3) is 11.5 Å². The molecule has 162 valence electrons. The summed E-state index contributed by atoms with van der Waals surface area (Å²) >= 11 is 2.74. The van der Waals surface area contributed by atoms with E-state index in [4.69, 9.17) is 4.98 Å². The van der Waals surface area contributed by atoms with Gasteiger partial charge in [-0.1, -0.05) is 42.8 Å². The predicted octanol–water partition coefficient (Wildman–Crippen LogP) is 3.74. The molecule has 0 spiro atoms. The summed E-state index contributed by atoms with van der Waals surface area (Å²) < 4.78 is 1.79. The molecule has 9 heteroatoms. The van der Waals surface area contributed by atoms with E-state index < -0.39 is 0 Å². The van der Waals surface area contributed by atoms with E-state index in [-0.39, 0.29) is 29.2 Å². The number of hydrogen-bond donors (Lipinski definition) is 2. The van der Waals surface area contributed by atoms with Gasteiger partial charge in [-0.3, -0.25) is 29.8 Å². The lowest BCUT2D eigenvalue weighted by molar-refractivity contribution is -0.119. The van der Waals surface area contributed by atoms with Crippen molar-refractivity contribution in [3.8, 4) is 0 Å². The second kappa shape index (κ2) is 9.23. The quantitative estimate of drug-likeness (QED) is 0.347. The number of aryl methyl sites for hydroxylation is 2. The third kappa shape index (κ3) is 4.52. The fraction of sp³-hybridized carbons (Fsp3) is 0.364. The summed E-state index contributed by atoms with van der Waals surface area (Å²) in [5.41, 5.74) is 6.28. The van der Waals surface area contributed by atoms with Gasteiger partial charge in [-0.15, -0.1) is 11.3 Å². The zero-order valence-corrected chi connectivity index (χ0v) is 19.1. The molecule has 0 atom stereocenters. The first-order chi connectivity index (χ1) is 15.0. The highest BCUT2D eigenvalue weighted by atomic mass is 32.2. The summed E-state index contributed by atoms with van der Waals surface area (Å²) in [4.78, 5) is 44.3. The Balaban J connectivity index is 1.51. The molecule has 7 nitrogen and oxygen atoms in total. The van der Waals surface area contributed by atoms with Crippen molar-refractivity contribution in [2.45, 2.75) is 50.7 Å². The number of thioether (sulfide) groups is 1. The molecule has 1 aliphatic carbocycles. The predicted molar refractivity (Wildman–Crippen MR) is 124 cm³/mol. The van der Waals surface area contributed by atoms with Gasteiger partial charge in [0.15, 0.2) is 5.16 Å². The normalized spacial score (nSPS) is 14.1. The lowest BCUT2D eigenvalue weighted by Gasteiger charge is -2.18. The summed E-state index contributed by atoms with van der Waals surface area (Å²) in [5, 5.41) is 1.26. The standard InChI is InChI=1S/C22H24N4O3S2/c1-13-14(2)31-20-18(13)21(29)26(16-10-6-7-11-16)22(23-20)30-12-17(27)24-25-19(28)15-8-4-3-5-9-15/h3-5,8-9,16H,6-7,10-12H2,1-2H3,(H,24,27)(H,25,28). The van der Waals surface area contributed by atoms with Gasteiger partial charge >= 0.3 is 0 Å². The van der Waals surface area contributed by atoms with Crippen LogP contribution in [0.4, 0.5) is 0 Å². The van der Waals surface area contributed by atoms with Crippen molar-refractivity contribution in [3.05, 3.63) is 56.7 Å². The Morgan fingerprint density at radius 1 is 1.16 bits per heavy atom. The number of aromatic nitrogens is 2. The molecule has 31 heavy (non-hydrogen) atoms. The average molecular weight is 457 g/mol. The van der Waals surface area contributed by atoms with Crippen LogP contribution in [-0.4, -0.2) is 27.1 Å². The molecule has 2 heterocycles. The van der Waals surface area contributed by atoms with Crippen molar-refractivity contribution >= 4 is 45.1 Å². The lowest BCUT2D eigenvalue weighted by Crippen LogP contribution is -2.42. The molecule has 2 N–H and O–H groups in total. The van der Waals surface area contributed by atoms with Crippen molar-refractivity contribution in [1.29, 1.82) is 0 Å². The topological polar surface area (TPSA) is 93.1 Å². The minimum atomic E-state index is -0.383. The molecule has 1 fully saturated rings. The Bertz CT molecular complexity index is 1180. The Morgan fingerprint density at radius 2 is 1.87 bits per heavy atom. The maximum Gasteiger partial charge on any atom is 0.269 e. The molecule has 2 aromatic heterocycles. The first-order valence-electron chi connectivity index (χ1n) is 10.2. The van der Waals surface area contributed by atoms with E-state index in [0.717, 1.165) is 41.0 Å². The molecule has 1 saturated carbocycles. The number of hydrogen-bond acceptors (Lipinski definition) is 6. The number of nitrogens with zero attached hydrogens (tertiary/aromatic N) is 2. The van der Waals surface area contributed by atoms with Gasteiger partial charge < -0.3 is 0 Å². The molecule has 0 aliphatic heterocycles. The summed E-state index contributed by atoms with van der Waals surface area (Å²) in [6.07, 6.45) is 4.07. The van der Waals surface area contributed by atoms with Gasteiger partial charge in [-0.2, -0.15) is 0 Å². The third-order valence-electron chi connectivity index (χ3n) is 5.58. The number of nitrogens with one attached hydrogen (secondary N) is 2. The number of amides is 2. The molecule has 1 aliphatic rings. The maximum absolute atomic E-state index is 13.3. The minimum absolute atomic E-state index is 0.0148. The zero-order chi connectivity index (χ0) is 22.0. The number of fused-ring (bicyclic) bond motifs is 1. The zero-order valence-electron chi connectivity index (χ0n) is 17.4. The van der Waals surface area contributed by atoms with E-state index >= 15 is 0 Å². The smallest absolute Gasteiger partial charge is 0.269 e. The number of rotatable bonds is 5. The number of carbonyl (C=O) groups is 2. The SMILES string of the molecule is Cc1sc2nc(SCC(=O)NNC(=O)c3ccccc3)n(C3CCCC3)c(=O)c2c1C. The van der Waals surface area contributed by atoms with Crippen molar-refractivity contribution in [2.24, 2.45) is 0 Å². The van der Waals surface area contributed by atoms with Crippen molar-refractivity contribution in [3.63, 3.8) is 0 Å². The number of carbonyl (C=O) groups excluding carboxylic acids is 2. The molecule has 2 amide bonds. The fourth-order valence-corrected chi connectivity index (χ4v) is 5.77. The highest BCUT2D eigenvalue weighted by Crippen LogP contribution is 2.34. The van der Waals surface area contributed by atoms with Crippen LogP contribution in [0.5, 0.6) is 0 Å². The second-order valence-corrected chi connectivity index (χ2v) is 9.77. The first-order valence-corrected chi connectivity index (χ1v) is 12.0. The molecule has 1 aromatic carbocycles. The van der Waals surface area contributed by atoms with Crippen LogP contribution in [0.25, 0.3) is 10.2 Å². The molecule has 0 saturated heterocycles. The molecule has 0 bridgehead atoms. The van der Waals surface area contributed by atoms with E-state index in [1.165, 1.54) is 23.1 Å². The molecule has 0 unspecified atom stereocenters. The molecule has 3 aromatic rings. The van der Waals surface area contributed by atoms with E-state index in [1.807, 2.05) is 19.9 Å². The Kier molecular flexibility index (Phi) is 6.43. The van der Waals surface area contributed by atoms with Crippen LogP contribution in [0.3, 0.4) is 0 Å². The van der Waals surface area contributed by atoms with Crippen LogP contribution < -0.4 is 16.4 Å². The van der Waals surface area contributed by atoms with Crippen LogP contribution >= 0.6 is 23.1 Å². The van der Waals surface area contributed by atoms with Gasteiger partial charge in [-0.25, -0.2) is 4.98 Å². The van der Waals surface area contributed by atoms with E-state index in [1.54, 1.807) is 28.8 Å². The molecular formula is C22H24N4O3S2. The second-order valence-electron chi connectivity index (χ2n) is 7.63. The Morgan fingerprint density at radius 3 is 2.58 bits per heavy atom. The number of hydrazine groups is 1. The van der Waals surface area contributed by atoms with E-state index in [9.17, 15) is 14.4 Å². The number of benzene rings is 1. The van der Waals surface area contributed by atoms with Crippen molar-refractivity contribution < 1.29 is 9.59 Å². The highest BCUT2D eigenvalue weighted by molar-refractivity contribution is 7.99. The van der Waals surface area contributed by atoms with Crippen LogP contribution in [-0.2, 0) is 4.79 Å². The van der Waals surface area contributed by atoms with Crippen LogP contribution in [0.1, 0.15) is 52.5 Å². The Hall–Kier alpha value is -2.65. The van der Waals surface area contributed by atoms with Crippen molar-refractivity contribution in [2.75, 3.05) is 5.75 Å². The molecule has 4 rings (SSSR count). The largest absolute Gasteiger partial charge is 0.284 e. The maximum atomic E-state index is 13.3. The summed E-state index contributed by atoms with van der Waals surface area (Å²) in [7, 11) is 0. The van der Waals surface area contributed by atoms with Crippen LogP contribution in [0.2, 0.25) is 0 Å². The van der Waals surface area contributed by atoms with Gasteiger partial charge in [0.2, 0.25) is 5.91 Å². The van der Waals surface area contributed by atoms with Gasteiger partial charge in [0.1, 0.15) is 4.83 Å². The minimum Gasteiger partial charge on any atom is -0.284 e. The summed E-state index contributed by atoms with van der Waals surface area (Å²) in [6.45, 7) is 3.96. The van der Waals surface area contributed by atoms with E-state index in [2.05, 4.69) is 10.9 Å². The lowest BCUT2D eigenvalue weighted by atomic mass is 10.2. The van der Waals surface area contributed by atoms with Gasteiger partial charge in [-0.05, 0) is 44.4 Å². The average Bonchev–Trinajstić information content (AvgIpc) is 3.39. The highest BCUT2D eigenvalue weighted by Gasteiger charge is 2.25. The number of thiophene rings is 1. The van der Waals surface area contributed by atoms with Crippen molar-refractivity contribution in [1.82, 2.24) is 20.4 Å². The van der Waals surface area contributed by atoms with Crippen LogP contribution in [0, 0.1) is 13.8 Å². The van der Waals surface area contributed by atoms with Gasteiger partial charge in [0.05, 0.1) is 11.1 Å².